The summed E-state index contributed by atoms with van der Waals surface area (Å²) in [6, 6.07) is 8.96. The molecule has 0 N–H and O–H groups in total. The molecule has 0 fully saturated rings. The van der Waals surface area contributed by atoms with E-state index in [1.165, 1.54) is 0 Å². The molecule has 1 rings (SSSR count). The molecule has 0 unspecified atom stereocenters. The van der Waals surface area contributed by atoms with Gasteiger partial charge in [0.25, 0.3) is 10.1 Å². The Labute approximate surface area is 90.5 Å². The van der Waals surface area contributed by atoms with Crippen LogP contribution in [0.15, 0.2) is 43.0 Å². The fourth-order valence-corrected chi connectivity index (χ4v) is 2.11. The number of hydrogen-bond acceptors (Lipinski definition) is 3. The first-order valence-electron chi connectivity index (χ1n) is 4.66. The summed E-state index contributed by atoms with van der Waals surface area (Å²) in [6.45, 7) is 3.65. The highest BCUT2D eigenvalue weighted by Crippen LogP contribution is 2.07. The Hall–Kier alpha value is -1.13. The SMILES string of the molecule is C=CCCOS(=O)(=O)Cc1ccccc1. The average Bonchev–Trinajstić information content (AvgIpc) is 2.18. The molecule has 3 nitrogen and oxygen atoms in total. The van der Waals surface area contributed by atoms with Gasteiger partial charge in [0.05, 0.1) is 6.61 Å². The van der Waals surface area contributed by atoms with Gasteiger partial charge in [-0.3, -0.25) is 4.18 Å². The molecule has 0 atom stereocenters. The molecular weight excluding hydrogens is 212 g/mol. The van der Waals surface area contributed by atoms with Crippen LogP contribution in [0.4, 0.5) is 0 Å². The standard InChI is InChI=1S/C11H14O3S/c1-2-3-9-14-15(12,13)10-11-7-5-4-6-8-11/h2,4-8H,1,3,9-10H2. The van der Waals surface area contributed by atoms with E-state index in [1.807, 2.05) is 6.07 Å². The quantitative estimate of drug-likeness (QED) is 0.424. The zero-order valence-electron chi connectivity index (χ0n) is 8.43. The third-order valence-electron chi connectivity index (χ3n) is 1.77. The van der Waals surface area contributed by atoms with Crippen LogP contribution in [0.25, 0.3) is 0 Å². The third-order valence-corrected chi connectivity index (χ3v) is 2.98. The van der Waals surface area contributed by atoms with E-state index >= 15 is 0 Å². The van der Waals surface area contributed by atoms with E-state index in [2.05, 4.69) is 6.58 Å². The molecule has 0 saturated carbocycles. The molecule has 0 spiro atoms. The van der Waals surface area contributed by atoms with Gasteiger partial charge < -0.3 is 0 Å². The second-order valence-corrected chi connectivity index (χ2v) is 4.73. The van der Waals surface area contributed by atoms with Gasteiger partial charge in [-0.25, -0.2) is 0 Å². The fraction of sp³-hybridized carbons (Fsp3) is 0.273. The predicted octanol–water partition coefficient (Wildman–Crippen LogP) is 2.11. The second-order valence-electron chi connectivity index (χ2n) is 3.09. The van der Waals surface area contributed by atoms with Crippen molar-refractivity contribution in [2.24, 2.45) is 0 Å². The summed E-state index contributed by atoms with van der Waals surface area (Å²) < 4.78 is 27.6. The molecule has 0 aliphatic rings. The Morgan fingerprint density at radius 3 is 2.53 bits per heavy atom. The van der Waals surface area contributed by atoms with E-state index in [-0.39, 0.29) is 12.4 Å². The summed E-state index contributed by atoms with van der Waals surface area (Å²) in [5.74, 6) is -0.0784. The molecule has 0 radical (unpaired) electrons. The van der Waals surface area contributed by atoms with Gasteiger partial charge in [-0.2, -0.15) is 8.42 Å². The van der Waals surface area contributed by atoms with E-state index in [0.717, 1.165) is 5.56 Å². The van der Waals surface area contributed by atoms with Crippen molar-refractivity contribution < 1.29 is 12.6 Å². The normalized spacial score (nSPS) is 11.2. The summed E-state index contributed by atoms with van der Waals surface area (Å²) in [7, 11) is -3.45. The number of hydrogen-bond donors (Lipinski definition) is 0. The first-order valence-corrected chi connectivity index (χ1v) is 6.24. The Bertz CT molecular complexity index is 395. The molecule has 82 valence electrons. The molecule has 0 aromatic heterocycles. The molecule has 0 heterocycles. The van der Waals surface area contributed by atoms with Crippen molar-refractivity contribution in [3.63, 3.8) is 0 Å². The first kappa shape index (κ1) is 11.9. The first-order chi connectivity index (χ1) is 7.14. The molecule has 0 bridgehead atoms. The van der Waals surface area contributed by atoms with E-state index in [1.54, 1.807) is 30.3 Å². The van der Waals surface area contributed by atoms with Crippen molar-refractivity contribution >= 4 is 10.1 Å². The lowest BCUT2D eigenvalue weighted by atomic mass is 10.2. The van der Waals surface area contributed by atoms with E-state index in [0.29, 0.717) is 6.42 Å². The Morgan fingerprint density at radius 2 is 1.93 bits per heavy atom. The largest absolute Gasteiger partial charge is 0.271 e. The Kier molecular flexibility index (Phi) is 4.52. The maximum absolute atomic E-state index is 11.4. The average molecular weight is 226 g/mol. The lowest BCUT2D eigenvalue weighted by Crippen LogP contribution is -2.09. The molecule has 1 aromatic carbocycles. The minimum atomic E-state index is -3.45. The van der Waals surface area contributed by atoms with Gasteiger partial charge in [0.15, 0.2) is 0 Å². The van der Waals surface area contributed by atoms with Crippen LogP contribution in [-0.2, 0) is 20.1 Å². The van der Waals surface area contributed by atoms with Gasteiger partial charge in [0.2, 0.25) is 0 Å². The minimum Gasteiger partial charge on any atom is -0.270 e. The minimum absolute atomic E-state index is 0.0784. The van der Waals surface area contributed by atoms with Gasteiger partial charge in [-0.1, -0.05) is 36.4 Å². The van der Waals surface area contributed by atoms with Gasteiger partial charge in [-0.15, -0.1) is 6.58 Å². The van der Waals surface area contributed by atoms with Crippen LogP contribution in [0.3, 0.4) is 0 Å². The number of benzene rings is 1. The second kappa shape index (κ2) is 5.68. The Morgan fingerprint density at radius 1 is 1.27 bits per heavy atom. The lowest BCUT2D eigenvalue weighted by molar-refractivity contribution is 0.324. The molecule has 0 saturated heterocycles. The maximum atomic E-state index is 11.4. The number of rotatable bonds is 6. The molecule has 1 aromatic rings. The molecule has 0 aliphatic heterocycles. The predicted molar refractivity (Wildman–Crippen MR) is 59.8 cm³/mol. The zero-order chi connectivity index (χ0) is 11.1. The molecule has 0 aliphatic carbocycles. The van der Waals surface area contributed by atoms with Crippen LogP contribution in [0, 0.1) is 0 Å². The highest BCUT2D eigenvalue weighted by Gasteiger charge is 2.11. The van der Waals surface area contributed by atoms with Crippen LogP contribution < -0.4 is 0 Å². The van der Waals surface area contributed by atoms with Crippen LogP contribution in [-0.4, -0.2) is 15.0 Å². The summed E-state index contributed by atoms with van der Waals surface area (Å²) in [6.07, 6.45) is 2.16. The van der Waals surface area contributed by atoms with Crippen LogP contribution >= 0.6 is 0 Å². The molecule has 4 heteroatoms. The van der Waals surface area contributed by atoms with Crippen LogP contribution in [0.5, 0.6) is 0 Å². The van der Waals surface area contributed by atoms with Crippen molar-refractivity contribution in [1.82, 2.24) is 0 Å². The van der Waals surface area contributed by atoms with Gasteiger partial charge in [0.1, 0.15) is 5.75 Å². The lowest BCUT2D eigenvalue weighted by Gasteiger charge is -2.03. The molecule has 0 amide bonds. The zero-order valence-corrected chi connectivity index (χ0v) is 9.24. The highest BCUT2D eigenvalue weighted by atomic mass is 32.2. The maximum Gasteiger partial charge on any atom is 0.271 e. The van der Waals surface area contributed by atoms with E-state index in [9.17, 15) is 8.42 Å². The van der Waals surface area contributed by atoms with Gasteiger partial charge in [-0.05, 0) is 12.0 Å². The summed E-state index contributed by atoms with van der Waals surface area (Å²) in [5.41, 5.74) is 0.733. The highest BCUT2D eigenvalue weighted by molar-refractivity contribution is 7.85. The molecular formula is C11H14O3S. The van der Waals surface area contributed by atoms with Crippen molar-refractivity contribution in [3.8, 4) is 0 Å². The molecule has 15 heavy (non-hydrogen) atoms. The van der Waals surface area contributed by atoms with Crippen molar-refractivity contribution in [2.45, 2.75) is 12.2 Å². The van der Waals surface area contributed by atoms with Crippen LogP contribution in [0.2, 0.25) is 0 Å². The van der Waals surface area contributed by atoms with Crippen LogP contribution in [0.1, 0.15) is 12.0 Å². The van der Waals surface area contributed by atoms with Crippen molar-refractivity contribution in [1.29, 1.82) is 0 Å². The van der Waals surface area contributed by atoms with Crippen molar-refractivity contribution in [3.05, 3.63) is 48.6 Å². The van der Waals surface area contributed by atoms with Gasteiger partial charge >= 0.3 is 0 Å². The third kappa shape index (κ3) is 4.76. The topological polar surface area (TPSA) is 43.4 Å². The van der Waals surface area contributed by atoms with E-state index in [4.69, 9.17) is 4.18 Å². The van der Waals surface area contributed by atoms with Crippen molar-refractivity contribution in [2.75, 3.05) is 6.61 Å². The summed E-state index contributed by atoms with van der Waals surface area (Å²) in [4.78, 5) is 0. The smallest absolute Gasteiger partial charge is 0.270 e. The van der Waals surface area contributed by atoms with Gasteiger partial charge in [0, 0.05) is 0 Å². The summed E-state index contributed by atoms with van der Waals surface area (Å²) in [5, 5.41) is 0. The summed E-state index contributed by atoms with van der Waals surface area (Å²) >= 11 is 0. The van der Waals surface area contributed by atoms with E-state index < -0.39 is 10.1 Å². The fourth-order valence-electron chi connectivity index (χ4n) is 1.08. The Balaban J connectivity index is 2.53. The monoisotopic (exact) mass is 226 g/mol.